The van der Waals surface area contributed by atoms with Gasteiger partial charge < -0.3 is 10.5 Å². The minimum absolute atomic E-state index is 0.0946. The molecular weight excluding hydrogens is 312 g/mol. The van der Waals surface area contributed by atoms with Crippen LogP contribution in [0.4, 0.5) is 5.82 Å². The van der Waals surface area contributed by atoms with Gasteiger partial charge in [0.15, 0.2) is 5.78 Å². The molecule has 1 aliphatic carbocycles. The van der Waals surface area contributed by atoms with E-state index in [0.717, 1.165) is 25.7 Å². The number of H-pyrrole nitrogens is 1. The van der Waals surface area contributed by atoms with Crippen molar-refractivity contribution in [3.63, 3.8) is 0 Å². The molecule has 0 unspecified atom stereocenters. The van der Waals surface area contributed by atoms with E-state index in [1.165, 1.54) is 18.1 Å². The molecule has 1 heterocycles. The lowest BCUT2D eigenvalue weighted by Gasteiger charge is -2.30. The Morgan fingerprint density at radius 1 is 1.33 bits per heavy atom. The number of methoxy groups -OCH3 is 1. The van der Waals surface area contributed by atoms with E-state index in [2.05, 4.69) is 4.98 Å². The Morgan fingerprint density at radius 2 is 2.00 bits per heavy atom. The second-order valence-corrected chi connectivity index (χ2v) is 6.29. The number of nitrogens with two attached hydrogens (primary N) is 1. The fourth-order valence-electron chi connectivity index (χ4n) is 3.22. The van der Waals surface area contributed by atoms with Crippen molar-refractivity contribution >= 4 is 11.6 Å². The van der Waals surface area contributed by atoms with Crippen molar-refractivity contribution in [2.45, 2.75) is 44.7 Å². The molecule has 3 N–H and O–H groups in total. The van der Waals surface area contributed by atoms with E-state index in [-0.39, 0.29) is 36.9 Å². The number of nitrogen functional groups attached to an aromatic ring is 1. The molecule has 0 radical (unpaired) electrons. The summed E-state index contributed by atoms with van der Waals surface area (Å²) < 4.78 is 6.10. The first-order valence-corrected chi connectivity index (χ1v) is 8.30. The zero-order valence-electron chi connectivity index (χ0n) is 14.3. The molecule has 8 heteroatoms. The Labute approximate surface area is 140 Å². The predicted octanol–water partition coefficient (Wildman–Crippen LogP) is 0.212. The van der Waals surface area contributed by atoms with Gasteiger partial charge in [-0.05, 0) is 19.9 Å². The molecule has 1 saturated carbocycles. The lowest BCUT2D eigenvalue weighted by atomic mass is 9.94. The van der Waals surface area contributed by atoms with E-state index in [9.17, 15) is 14.4 Å². The van der Waals surface area contributed by atoms with Gasteiger partial charge in [0.05, 0.1) is 19.7 Å². The molecule has 134 valence electrons. The lowest BCUT2D eigenvalue weighted by Crippen LogP contribution is -2.41. The molecule has 0 amide bonds. The number of ether oxygens (including phenoxy) is 1. The molecular formula is C16H26N4O4. The largest absolute Gasteiger partial charge is 0.384 e. The number of Topliss-reactive ketones (excluding diaryl/α,β-unsaturated/α-hetero) is 1. The molecule has 1 aliphatic rings. The molecule has 1 aromatic rings. The number of rotatable bonds is 7. The number of anilines is 1. The molecule has 0 saturated heterocycles. The third-order valence-corrected chi connectivity index (χ3v) is 4.63. The fourth-order valence-corrected chi connectivity index (χ4v) is 3.22. The van der Waals surface area contributed by atoms with Crippen LogP contribution < -0.4 is 17.0 Å². The van der Waals surface area contributed by atoms with Crippen molar-refractivity contribution in [3.8, 4) is 0 Å². The van der Waals surface area contributed by atoms with Crippen LogP contribution in [0.15, 0.2) is 9.59 Å². The number of carbonyl (C=O) groups excluding carboxylic acids is 1. The number of ketones is 1. The van der Waals surface area contributed by atoms with Gasteiger partial charge in [-0.3, -0.25) is 24.0 Å². The summed E-state index contributed by atoms with van der Waals surface area (Å²) in [5.41, 5.74) is 4.42. The molecule has 8 nitrogen and oxygen atoms in total. The normalized spacial score (nSPS) is 15.8. The van der Waals surface area contributed by atoms with Gasteiger partial charge in [0.2, 0.25) is 0 Å². The Balaban J connectivity index is 2.21. The average molecular weight is 338 g/mol. The van der Waals surface area contributed by atoms with Crippen LogP contribution in [0.3, 0.4) is 0 Å². The van der Waals surface area contributed by atoms with Crippen LogP contribution in [-0.2, 0) is 11.3 Å². The first-order chi connectivity index (χ1) is 11.5. The van der Waals surface area contributed by atoms with Crippen LogP contribution in [0.1, 0.15) is 42.5 Å². The van der Waals surface area contributed by atoms with Gasteiger partial charge in [0.1, 0.15) is 11.4 Å². The molecule has 1 aromatic heterocycles. The molecule has 0 spiro atoms. The highest BCUT2D eigenvalue weighted by atomic mass is 16.5. The Hall–Kier alpha value is -1.93. The van der Waals surface area contributed by atoms with Gasteiger partial charge in [-0.15, -0.1) is 0 Å². The van der Waals surface area contributed by atoms with Gasteiger partial charge in [-0.1, -0.05) is 19.3 Å². The SMILES string of the molecule is COCCn1c(N)c(C(=O)CN(C)C2CCCCC2)c(=O)[nH]c1=O. The second kappa shape index (κ2) is 8.25. The smallest absolute Gasteiger partial charge is 0.330 e. The van der Waals surface area contributed by atoms with Crippen LogP contribution in [-0.4, -0.2) is 53.6 Å². The van der Waals surface area contributed by atoms with E-state index < -0.39 is 11.2 Å². The lowest BCUT2D eigenvalue weighted by molar-refractivity contribution is 0.0898. The molecule has 1 fully saturated rings. The summed E-state index contributed by atoms with van der Waals surface area (Å²) in [6.45, 7) is 0.545. The minimum atomic E-state index is -0.729. The van der Waals surface area contributed by atoms with Crippen molar-refractivity contribution in [2.75, 3.05) is 33.0 Å². The molecule has 0 bridgehead atoms. The molecule has 0 atom stereocenters. The van der Waals surface area contributed by atoms with Gasteiger partial charge in [0, 0.05) is 13.2 Å². The van der Waals surface area contributed by atoms with E-state index in [1.807, 2.05) is 11.9 Å². The van der Waals surface area contributed by atoms with Gasteiger partial charge >= 0.3 is 5.69 Å². The van der Waals surface area contributed by atoms with Crippen LogP contribution in [0.2, 0.25) is 0 Å². The zero-order valence-corrected chi connectivity index (χ0v) is 14.3. The highest BCUT2D eigenvalue weighted by Gasteiger charge is 2.24. The van der Waals surface area contributed by atoms with Crippen molar-refractivity contribution in [1.82, 2.24) is 14.5 Å². The maximum Gasteiger partial charge on any atom is 0.330 e. The van der Waals surface area contributed by atoms with Crippen molar-refractivity contribution < 1.29 is 9.53 Å². The van der Waals surface area contributed by atoms with E-state index in [1.54, 1.807) is 0 Å². The monoisotopic (exact) mass is 338 g/mol. The number of hydrogen-bond donors (Lipinski definition) is 2. The van der Waals surface area contributed by atoms with Gasteiger partial charge in [-0.2, -0.15) is 0 Å². The maximum atomic E-state index is 12.6. The summed E-state index contributed by atoms with van der Waals surface area (Å²) in [5, 5.41) is 0. The zero-order chi connectivity index (χ0) is 17.7. The third kappa shape index (κ3) is 4.12. The van der Waals surface area contributed by atoms with E-state index >= 15 is 0 Å². The summed E-state index contributed by atoms with van der Waals surface area (Å²) in [5.74, 6) is -0.462. The number of likely N-dealkylation sites (N-methyl/N-ethyl adjacent to an activating group) is 1. The van der Waals surface area contributed by atoms with Crippen molar-refractivity contribution in [2.24, 2.45) is 0 Å². The number of aromatic amines is 1. The predicted molar refractivity (Wildman–Crippen MR) is 91.4 cm³/mol. The molecule has 24 heavy (non-hydrogen) atoms. The standard InChI is InChI=1S/C16H26N4O4/c1-19(11-6-4-3-5-7-11)10-12(21)13-14(17)20(8-9-24-2)16(23)18-15(13)22/h11H,3-10,17H2,1-2H3,(H,18,22,23). The highest BCUT2D eigenvalue weighted by Crippen LogP contribution is 2.21. The summed E-state index contributed by atoms with van der Waals surface area (Å²) in [7, 11) is 3.39. The van der Waals surface area contributed by atoms with Crippen LogP contribution in [0.25, 0.3) is 0 Å². The molecule has 2 rings (SSSR count). The van der Waals surface area contributed by atoms with Crippen LogP contribution in [0, 0.1) is 0 Å². The Bertz CT molecular complexity index is 688. The number of carbonyl (C=O) groups is 1. The maximum absolute atomic E-state index is 12.6. The van der Waals surface area contributed by atoms with Crippen LogP contribution in [0.5, 0.6) is 0 Å². The highest BCUT2D eigenvalue weighted by molar-refractivity contribution is 6.01. The average Bonchev–Trinajstić information content (AvgIpc) is 2.55. The van der Waals surface area contributed by atoms with Gasteiger partial charge in [-0.25, -0.2) is 4.79 Å². The van der Waals surface area contributed by atoms with E-state index in [0.29, 0.717) is 6.04 Å². The first-order valence-electron chi connectivity index (χ1n) is 8.30. The molecule has 0 aromatic carbocycles. The molecule has 0 aliphatic heterocycles. The number of nitrogens with one attached hydrogen (secondary N) is 1. The third-order valence-electron chi connectivity index (χ3n) is 4.63. The fraction of sp³-hybridized carbons (Fsp3) is 0.688. The number of nitrogens with zero attached hydrogens (tertiary/aromatic N) is 2. The number of hydrogen-bond acceptors (Lipinski definition) is 6. The number of aromatic nitrogens is 2. The minimum Gasteiger partial charge on any atom is -0.384 e. The van der Waals surface area contributed by atoms with Crippen molar-refractivity contribution in [3.05, 3.63) is 26.4 Å². The van der Waals surface area contributed by atoms with Gasteiger partial charge in [0.25, 0.3) is 5.56 Å². The van der Waals surface area contributed by atoms with E-state index in [4.69, 9.17) is 10.5 Å². The first kappa shape index (κ1) is 18.4. The second-order valence-electron chi connectivity index (χ2n) is 6.29. The Kier molecular flexibility index (Phi) is 6.33. The van der Waals surface area contributed by atoms with Crippen LogP contribution >= 0.6 is 0 Å². The summed E-state index contributed by atoms with van der Waals surface area (Å²) in [4.78, 5) is 40.7. The topological polar surface area (TPSA) is 110 Å². The van der Waals surface area contributed by atoms with Crippen molar-refractivity contribution in [1.29, 1.82) is 0 Å². The Morgan fingerprint density at radius 3 is 2.62 bits per heavy atom. The summed E-state index contributed by atoms with van der Waals surface area (Å²) in [6, 6.07) is 0.349. The summed E-state index contributed by atoms with van der Waals surface area (Å²) in [6.07, 6.45) is 5.67. The summed E-state index contributed by atoms with van der Waals surface area (Å²) >= 11 is 0. The quantitative estimate of drug-likeness (QED) is 0.688.